The van der Waals surface area contributed by atoms with E-state index in [1.54, 1.807) is 24.1 Å². The molecule has 1 aromatic carbocycles. The highest BCUT2D eigenvalue weighted by Crippen LogP contribution is 2.29. The summed E-state index contributed by atoms with van der Waals surface area (Å²) in [5, 5.41) is 8.88. The summed E-state index contributed by atoms with van der Waals surface area (Å²) >= 11 is 0. The summed E-state index contributed by atoms with van der Waals surface area (Å²) in [6.45, 7) is 0. The van der Waals surface area contributed by atoms with Crippen LogP contribution in [0.3, 0.4) is 0 Å². The highest BCUT2D eigenvalue weighted by molar-refractivity contribution is 5.77. The zero-order valence-electron chi connectivity index (χ0n) is 9.76. The number of nitriles is 1. The minimum absolute atomic E-state index is 0.0633. The Labute approximate surface area is 101 Å². The molecular weight excluding hydrogens is 214 g/mol. The predicted octanol–water partition coefficient (Wildman–Crippen LogP) is 1.18. The van der Waals surface area contributed by atoms with E-state index in [0.717, 1.165) is 5.56 Å². The van der Waals surface area contributed by atoms with Crippen molar-refractivity contribution in [2.24, 2.45) is 5.73 Å². The topological polar surface area (TPSA) is 70.1 Å². The van der Waals surface area contributed by atoms with Gasteiger partial charge in [-0.05, 0) is 24.1 Å². The van der Waals surface area contributed by atoms with Crippen LogP contribution in [-0.4, -0.2) is 23.9 Å². The van der Waals surface area contributed by atoms with Gasteiger partial charge in [0.1, 0.15) is 0 Å². The molecule has 1 amide bonds. The second-order valence-corrected chi connectivity index (χ2v) is 4.39. The fourth-order valence-electron chi connectivity index (χ4n) is 2.33. The highest BCUT2D eigenvalue weighted by atomic mass is 16.2. The number of piperidine rings is 1. The maximum atomic E-state index is 11.7. The van der Waals surface area contributed by atoms with E-state index in [2.05, 4.69) is 6.07 Å². The number of nitrogens with two attached hydrogens (primary N) is 1. The molecule has 4 heteroatoms. The van der Waals surface area contributed by atoms with Crippen LogP contribution >= 0.6 is 0 Å². The molecule has 1 aromatic rings. The lowest BCUT2D eigenvalue weighted by molar-refractivity contribution is -0.135. The van der Waals surface area contributed by atoms with Gasteiger partial charge in [-0.15, -0.1) is 0 Å². The Morgan fingerprint density at radius 3 is 3.00 bits per heavy atom. The monoisotopic (exact) mass is 229 g/mol. The molecule has 1 fully saturated rings. The fourth-order valence-corrected chi connectivity index (χ4v) is 2.33. The zero-order chi connectivity index (χ0) is 12.4. The average molecular weight is 229 g/mol. The van der Waals surface area contributed by atoms with Crippen molar-refractivity contribution < 1.29 is 4.79 Å². The Kier molecular flexibility index (Phi) is 3.12. The van der Waals surface area contributed by atoms with Gasteiger partial charge in [-0.3, -0.25) is 4.79 Å². The largest absolute Gasteiger partial charge is 0.337 e. The Morgan fingerprint density at radius 2 is 2.29 bits per heavy atom. The molecule has 2 N–H and O–H groups in total. The summed E-state index contributed by atoms with van der Waals surface area (Å²) in [4.78, 5) is 13.4. The number of likely N-dealkylation sites (N-methyl/N-ethyl adjacent to an activating group) is 1. The molecule has 1 heterocycles. The maximum absolute atomic E-state index is 11.7. The quantitative estimate of drug-likeness (QED) is 0.786. The van der Waals surface area contributed by atoms with Crippen LogP contribution in [0.25, 0.3) is 0 Å². The molecule has 88 valence electrons. The number of hydrogen-bond donors (Lipinski definition) is 1. The summed E-state index contributed by atoms with van der Waals surface area (Å²) in [6.07, 6.45) is 1.21. The van der Waals surface area contributed by atoms with Crippen LogP contribution in [-0.2, 0) is 4.79 Å². The van der Waals surface area contributed by atoms with Gasteiger partial charge >= 0.3 is 0 Å². The number of carbonyl (C=O) groups is 1. The van der Waals surface area contributed by atoms with Crippen molar-refractivity contribution in [2.75, 3.05) is 7.05 Å². The van der Waals surface area contributed by atoms with E-state index in [9.17, 15) is 4.79 Å². The third kappa shape index (κ3) is 2.15. The van der Waals surface area contributed by atoms with E-state index >= 15 is 0 Å². The smallest absolute Gasteiger partial charge is 0.222 e. The summed E-state index contributed by atoms with van der Waals surface area (Å²) in [7, 11) is 1.77. The number of nitrogens with zero attached hydrogens (tertiary/aromatic N) is 2. The average Bonchev–Trinajstić information content (AvgIpc) is 2.35. The van der Waals surface area contributed by atoms with Crippen LogP contribution < -0.4 is 5.73 Å². The summed E-state index contributed by atoms with van der Waals surface area (Å²) < 4.78 is 0. The van der Waals surface area contributed by atoms with Crippen LogP contribution in [0.1, 0.15) is 30.0 Å². The molecule has 0 radical (unpaired) electrons. The van der Waals surface area contributed by atoms with Gasteiger partial charge < -0.3 is 10.6 Å². The number of carbonyl (C=O) groups excluding carboxylic acids is 1. The van der Waals surface area contributed by atoms with E-state index in [-0.39, 0.29) is 18.0 Å². The molecule has 17 heavy (non-hydrogen) atoms. The highest BCUT2D eigenvalue weighted by Gasteiger charge is 2.32. The summed E-state index contributed by atoms with van der Waals surface area (Å²) in [5.74, 6) is 0.110. The second-order valence-electron chi connectivity index (χ2n) is 4.39. The van der Waals surface area contributed by atoms with Crippen molar-refractivity contribution in [3.8, 4) is 6.07 Å². The molecule has 0 aliphatic carbocycles. The molecule has 2 rings (SSSR count). The van der Waals surface area contributed by atoms with Gasteiger partial charge in [0.15, 0.2) is 0 Å². The van der Waals surface area contributed by atoms with Crippen molar-refractivity contribution in [3.05, 3.63) is 35.4 Å². The molecule has 2 unspecified atom stereocenters. The molecule has 4 nitrogen and oxygen atoms in total. The van der Waals surface area contributed by atoms with E-state index in [4.69, 9.17) is 11.0 Å². The van der Waals surface area contributed by atoms with Gasteiger partial charge in [-0.2, -0.15) is 5.26 Å². The Hall–Kier alpha value is -1.86. The normalized spacial score (nSPS) is 24.5. The van der Waals surface area contributed by atoms with E-state index in [1.165, 1.54) is 0 Å². The molecular formula is C13H15N3O. The van der Waals surface area contributed by atoms with Crippen LogP contribution in [0, 0.1) is 11.3 Å². The zero-order valence-corrected chi connectivity index (χ0v) is 9.76. The number of amides is 1. The van der Waals surface area contributed by atoms with Crippen molar-refractivity contribution in [3.63, 3.8) is 0 Å². The minimum Gasteiger partial charge on any atom is -0.337 e. The van der Waals surface area contributed by atoms with Crippen LogP contribution in [0.2, 0.25) is 0 Å². The molecule has 1 aliphatic heterocycles. The first-order valence-corrected chi connectivity index (χ1v) is 5.65. The molecule has 2 atom stereocenters. The van der Waals surface area contributed by atoms with Crippen molar-refractivity contribution in [2.45, 2.75) is 24.9 Å². The van der Waals surface area contributed by atoms with Crippen molar-refractivity contribution in [1.29, 1.82) is 5.26 Å². The summed E-state index contributed by atoms with van der Waals surface area (Å²) in [5.41, 5.74) is 7.61. The lowest BCUT2D eigenvalue weighted by Crippen LogP contribution is -2.46. The number of rotatable bonds is 1. The number of benzene rings is 1. The third-order valence-electron chi connectivity index (χ3n) is 3.26. The molecule has 0 spiro atoms. The Bertz CT molecular complexity index is 478. The van der Waals surface area contributed by atoms with E-state index in [0.29, 0.717) is 18.4 Å². The van der Waals surface area contributed by atoms with Crippen LogP contribution in [0.15, 0.2) is 24.3 Å². The lowest BCUT2D eigenvalue weighted by Gasteiger charge is -2.37. The first-order valence-electron chi connectivity index (χ1n) is 5.65. The Morgan fingerprint density at radius 1 is 1.53 bits per heavy atom. The fraction of sp³-hybridized carbons (Fsp3) is 0.385. The Balaban J connectivity index is 2.36. The van der Waals surface area contributed by atoms with Crippen molar-refractivity contribution >= 4 is 5.91 Å². The second kappa shape index (κ2) is 4.56. The van der Waals surface area contributed by atoms with Gasteiger partial charge in [0.2, 0.25) is 5.91 Å². The molecule has 0 bridgehead atoms. The van der Waals surface area contributed by atoms with Gasteiger partial charge in [-0.25, -0.2) is 0 Å². The minimum atomic E-state index is -0.121. The maximum Gasteiger partial charge on any atom is 0.222 e. The molecule has 0 aromatic heterocycles. The van der Waals surface area contributed by atoms with Crippen LogP contribution in [0.4, 0.5) is 0 Å². The van der Waals surface area contributed by atoms with Crippen LogP contribution in [0.5, 0.6) is 0 Å². The molecule has 1 aliphatic rings. The van der Waals surface area contributed by atoms with Gasteiger partial charge in [-0.1, -0.05) is 12.1 Å². The van der Waals surface area contributed by atoms with E-state index in [1.807, 2.05) is 12.1 Å². The van der Waals surface area contributed by atoms with Crippen molar-refractivity contribution in [1.82, 2.24) is 4.90 Å². The molecule has 0 saturated carbocycles. The van der Waals surface area contributed by atoms with E-state index < -0.39 is 0 Å². The number of hydrogen-bond acceptors (Lipinski definition) is 3. The predicted molar refractivity (Wildman–Crippen MR) is 63.9 cm³/mol. The first kappa shape index (κ1) is 11.6. The SMILES string of the molecule is CN1C(=O)CCC(N)C1c1cccc(C#N)c1. The standard InChI is InChI=1S/C13H15N3O/c1-16-12(17)6-5-11(15)13(16)10-4-2-3-9(7-10)8-14/h2-4,7,11,13H,5-6,15H2,1H3. The van der Waals surface area contributed by atoms with Gasteiger partial charge in [0.25, 0.3) is 0 Å². The third-order valence-corrected chi connectivity index (χ3v) is 3.26. The van der Waals surface area contributed by atoms with Gasteiger partial charge in [0.05, 0.1) is 17.7 Å². The summed E-state index contributed by atoms with van der Waals surface area (Å²) in [6, 6.07) is 9.22. The lowest BCUT2D eigenvalue weighted by atomic mass is 9.90. The number of likely N-dealkylation sites (tertiary alicyclic amines) is 1. The van der Waals surface area contributed by atoms with Gasteiger partial charge in [0, 0.05) is 19.5 Å². The molecule has 1 saturated heterocycles. The first-order chi connectivity index (χ1) is 8.13.